The van der Waals surface area contributed by atoms with Crippen molar-refractivity contribution in [1.29, 1.82) is 0 Å². The fourth-order valence-electron chi connectivity index (χ4n) is 0.553. The highest BCUT2D eigenvalue weighted by Crippen LogP contribution is 2.09. The molecule has 0 radical (unpaired) electrons. The van der Waals surface area contributed by atoms with Crippen LogP contribution >= 0.6 is 0 Å². The van der Waals surface area contributed by atoms with E-state index in [1.807, 2.05) is 0 Å². The maximum absolute atomic E-state index is 11.8. The summed E-state index contributed by atoms with van der Waals surface area (Å²) in [4.78, 5) is 23.1. The molecule has 5 heteroatoms. The second kappa shape index (κ2) is 5.70. The second-order valence-electron chi connectivity index (χ2n) is 3.66. The van der Waals surface area contributed by atoms with Gasteiger partial charge in [0.05, 0.1) is 8.48 Å². The summed E-state index contributed by atoms with van der Waals surface area (Å²) in [7, 11) is 0.853. The molecule has 0 aromatic rings. The SMILES string of the molecule is [2H]C([2H])(C(=O)OC)C([2H])([2H])[C@]([2H])(N)C(=O)OC(C)(C)C. The molecule has 0 aliphatic carbocycles. The van der Waals surface area contributed by atoms with Crippen LogP contribution in [0.2, 0.25) is 0 Å². The first kappa shape index (κ1) is 7.22. The summed E-state index contributed by atoms with van der Waals surface area (Å²) in [5, 5.41) is 0. The molecule has 88 valence electrons. The van der Waals surface area contributed by atoms with Crippen LogP contribution in [0.25, 0.3) is 0 Å². The lowest BCUT2D eigenvalue weighted by Crippen LogP contribution is -2.37. The summed E-state index contributed by atoms with van der Waals surface area (Å²) in [5.74, 6) is -3.06. The highest BCUT2D eigenvalue weighted by Gasteiger charge is 2.22. The number of hydrogen-bond acceptors (Lipinski definition) is 5. The third-order valence-electron chi connectivity index (χ3n) is 1.10. The predicted molar refractivity (Wildman–Crippen MR) is 55.1 cm³/mol. The molecule has 0 spiro atoms. The van der Waals surface area contributed by atoms with Crippen molar-refractivity contribution in [3.05, 3.63) is 0 Å². The van der Waals surface area contributed by atoms with Gasteiger partial charge >= 0.3 is 11.9 Å². The van der Waals surface area contributed by atoms with Crippen LogP contribution in [0.4, 0.5) is 0 Å². The topological polar surface area (TPSA) is 78.6 Å². The fourth-order valence-corrected chi connectivity index (χ4v) is 0.553. The van der Waals surface area contributed by atoms with Gasteiger partial charge in [-0.25, -0.2) is 0 Å². The molecule has 15 heavy (non-hydrogen) atoms. The van der Waals surface area contributed by atoms with Gasteiger partial charge in [-0.3, -0.25) is 9.59 Å². The Labute approximate surface area is 96.9 Å². The van der Waals surface area contributed by atoms with Crippen LogP contribution in [0.5, 0.6) is 0 Å². The highest BCUT2D eigenvalue weighted by molar-refractivity contribution is 5.77. The standard InChI is InChI=1S/C10H19NO4/c1-10(2,3)15-9(13)7(11)5-6-8(12)14-4/h7H,5-6,11H2,1-4H3/t7-/m0/s1/i5D2,6D2,7D. The van der Waals surface area contributed by atoms with Crippen molar-refractivity contribution in [3.8, 4) is 0 Å². The quantitative estimate of drug-likeness (QED) is 0.705. The fraction of sp³-hybridized carbons (Fsp3) is 0.800. The Morgan fingerprint density at radius 2 is 2.07 bits per heavy atom. The number of rotatable bonds is 4. The molecule has 0 fully saturated rings. The first-order valence-corrected chi connectivity index (χ1v) is 4.22. The zero-order valence-electron chi connectivity index (χ0n) is 14.2. The lowest BCUT2D eigenvalue weighted by atomic mass is 10.1. The summed E-state index contributed by atoms with van der Waals surface area (Å²) < 4.78 is 46.5. The minimum absolute atomic E-state index is 0.853. The first-order chi connectivity index (χ1) is 8.61. The van der Waals surface area contributed by atoms with Crippen LogP contribution in [-0.2, 0) is 19.1 Å². The highest BCUT2D eigenvalue weighted by atomic mass is 16.6. The van der Waals surface area contributed by atoms with E-state index in [0.717, 1.165) is 7.11 Å². The van der Waals surface area contributed by atoms with Crippen LogP contribution in [-0.4, -0.2) is 30.7 Å². The van der Waals surface area contributed by atoms with Gasteiger partial charge in [-0.15, -0.1) is 0 Å². The molecule has 0 bridgehead atoms. The van der Waals surface area contributed by atoms with Crippen molar-refractivity contribution in [2.45, 2.75) is 45.1 Å². The third-order valence-corrected chi connectivity index (χ3v) is 1.10. The van der Waals surface area contributed by atoms with Crippen molar-refractivity contribution in [2.75, 3.05) is 7.11 Å². The van der Waals surface area contributed by atoms with E-state index in [1.165, 1.54) is 20.8 Å². The van der Waals surface area contributed by atoms with E-state index >= 15 is 0 Å². The van der Waals surface area contributed by atoms with Gasteiger partial charge in [0.15, 0.2) is 0 Å². The lowest BCUT2D eigenvalue weighted by molar-refractivity contribution is -0.156. The van der Waals surface area contributed by atoms with Gasteiger partial charge < -0.3 is 15.2 Å². The molecule has 0 unspecified atom stereocenters. The molecule has 0 aromatic carbocycles. The molecule has 0 aliphatic heterocycles. The molecule has 0 heterocycles. The summed E-state index contributed by atoms with van der Waals surface area (Å²) in [6.07, 6.45) is -6.66. The number of methoxy groups -OCH3 is 1. The number of nitrogens with two attached hydrogens (primary N) is 1. The van der Waals surface area contributed by atoms with E-state index in [2.05, 4.69) is 4.74 Å². The summed E-state index contributed by atoms with van der Waals surface area (Å²) in [6.45, 7) is 4.43. The van der Waals surface area contributed by atoms with Crippen LogP contribution in [0.1, 0.15) is 40.4 Å². The average Bonchev–Trinajstić information content (AvgIpc) is 2.24. The number of ether oxygens (including phenoxy) is 2. The van der Waals surface area contributed by atoms with Crippen LogP contribution < -0.4 is 5.73 Å². The average molecular weight is 222 g/mol. The molecule has 0 aromatic heterocycles. The molecule has 5 nitrogen and oxygen atoms in total. The van der Waals surface area contributed by atoms with Gasteiger partial charge in [0.2, 0.25) is 0 Å². The molecule has 0 rings (SSSR count). The third kappa shape index (κ3) is 6.90. The van der Waals surface area contributed by atoms with Gasteiger partial charge in [0.25, 0.3) is 0 Å². The first-order valence-electron chi connectivity index (χ1n) is 6.72. The largest absolute Gasteiger partial charge is 0.469 e. The van der Waals surface area contributed by atoms with E-state index in [-0.39, 0.29) is 0 Å². The van der Waals surface area contributed by atoms with Gasteiger partial charge in [-0.2, -0.15) is 0 Å². The molecular formula is C10H19NO4. The normalized spacial score (nSPS) is 22.1. The Morgan fingerprint density at radius 3 is 2.47 bits per heavy atom. The summed E-state index contributed by atoms with van der Waals surface area (Å²) in [5.41, 5.74) is 4.25. The Bertz CT molecular complexity index is 403. The van der Waals surface area contributed by atoms with Gasteiger partial charge in [0, 0.05) is 11.9 Å². The summed E-state index contributed by atoms with van der Waals surface area (Å²) >= 11 is 0. The minimum Gasteiger partial charge on any atom is -0.469 e. The van der Waals surface area contributed by atoms with E-state index in [1.54, 1.807) is 0 Å². The molecule has 0 saturated heterocycles. The number of carbonyl (C=O) groups excluding carboxylic acids is 2. The van der Waals surface area contributed by atoms with Crippen molar-refractivity contribution >= 4 is 11.9 Å². The molecule has 0 amide bonds. The Morgan fingerprint density at radius 1 is 1.53 bits per heavy atom. The van der Waals surface area contributed by atoms with Crippen molar-refractivity contribution in [1.82, 2.24) is 0 Å². The van der Waals surface area contributed by atoms with Crippen molar-refractivity contribution in [3.63, 3.8) is 0 Å². The molecule has 2 N–H and O–H groups in total. The maximum Gasteiger partial charge on any atom is 0.323 e. The zero-order chi connectivity index (χ0) is 16.6. The monoisotopic (exact) mass is 222 g/mol. The smallest absolute Gasteiger partial charge is 0.323 e. The molecule has 0 aliphatic rings. The Hall–Kier alpha value is -1.10. The van der Waals surface area contributed by atoms with Gasteiger partial charge in [-0.05, 0) is 27.1 Å². The predicted octanol–water partition coefficient (Wildman–Crippen LogP) is 0.609. The van der Waals surface area contributed by atoms with Crippen LogP contribution in [0.15, 0.2) is 0 Å². The van der Waals surface area contributed by atoms with E-state index in [9.17, 15) is 9.59 Å². The Kier molecular flexibility index (Phi) is 2.74. The second-order valence-corrected chi connectivity index (χ2v) is 3.66. The van der Waals surface area contributed by atoms with Crippen molar-refractivity contribution < 1.29 is 25.9 Å². The van der Waals surface area contributed by atoms with Crippen LogP contribution in [0, 0.1) is 0 Å². The van der Waals surface area contributed by atoms with Crippen LogP contribution in [0.3, 0.4) is 0 Å². The minimum atomic E-state index is -3.37. The lowest BCUT2D eigenvalue weighted by Gasteiger charge is -2.21. The van der Waals surface area contributed by atoms with Gasteiger partial charge in [-0.1, -0.05) is 0 Å². The summed E-state index contributed by atoms with van der Waals surface area (Å²) in [6, 6.07) is -3.13. The van der Waals surface area contributed by atoms with E-state index in [4.69, 9.17) is 17.3 Å². The van der Waals surface area contributed by atoms with E-state index < -0.39 is 36.3 Å². The molecule has 1 atom stereocenters. The zero-order valence-corrected chi connectivity index (χ0v) is 9.21. The molecule has 0 saturated carbocycles. The number of carbonyl (C=O) groups is 2. The van der Waals surface area contributed by atoms with E-state index in [0.29, 0.717) is 0 Å². The molecular weight excluding hydrogens is 198 g/mol. The number of hydrogen-bond donors (Lipinski definition) is 1. The Balaban J connectivity index is 5.57. The number of esters is 2. The maximum atomic E-state index is 11.8. The van der Waals surface area contributed by atoms with Gasteiger partial charge in [0.1, 0.15) is 11.6 Å². The van der Waals surface area contributed by atoms with Crippen molar-refractivity contribution in [2.24, 2.45) is 5.73 Å².